The highest BCUT2D eigenvalue weighted by atomic mass is 16.3. The van der Waals surface area contributed by atoms with Crippen LogP contribution in [0, 0.1) is 5.92 Å². The molecule has 0 spiro atoms. The van der Waals surface area contributed by atoms with E-state index < -0.39 is 0 Å². The second-order valence-electron chi connectivity index (χ2n) is 5.16. The van der Waals surface area contributed by atoms with Gasteiger partial charge < -0.3 is 15.1 Å². The lowest BCUT2D eigenvalue weighted by Gasteiger charge is -2.21. The molecule has 2 heterocycles. The van der Waals surface area contributed by atoms with Gasteiger partial charge in [0.2, 0.25) is 0 Å². The number of nitrogens with zero attached hydrogens (tertiary/aromatic N) is 3. The van der Waals surface area contributed by atoms with E-state index in [0.717, 1.165) is 31.0 Å². The van der Waals surface area contributed by atoms with E-state index in [2.05, 4.69) is 14.9 Å². The Morgan fingerprint density at radius 3 is 2.78 bits per heavy atom. The van der Waals surface area contributed by atoms with Crippen molar-refractivity contribution in [1.82, 2.24) is 9.97 Å². The van der Waals surface area contributed by atoms with Crippen LogP contribution in [-0.2, 0) is 6.61 Å². The van der Waals surface area contributed by atoms with Gasteiger partial charge in [-0.1, -0.05) is 13.8 Å². The summed E-state index contributed by atoms with van der Waals surface area (Å²) in [5.74, 6) is 1.34. The molecule has 2 N–H and O–H groups in total. The lowest BCUT2D eigenvalue weighted by atomic mass is 10.1. The van der Waals surface area contributed by atoms with Crippen LogP contribution in [0.5, 0.6) is 0 Å². The number of rotatable bonds is 4. The van der Waals surface area contributed by atoms with E-state index in [9.17, 15) is 5.11 Å². The Morgan fingerprint density at radius 2 is 2.22 bits per heavy atom. The quantitative estimate of drug-likeness (QED) is 0.832. The summed E-state index contributed by atoms with van der Waals surface area (Å²) in [5, 5.41) is 18.6. The normalized spacial score (nSPS) is 19.8. The van der Waals surface area contributed by atoms with E-state index in [0.29, 0.717) is 11.6 Å². The second kappa shape index (κ2) is 5.63. The van der Waals surface area contributed by atoms with Crippen LogP contribution in [-0.4, -0.2) is 39.9 Å². The van der Waals surface area contributed by atoms with Crippen molar-refractivity contribution < 1.29 is 10.2 Å². The molecule has 1 saturated heterocycles. The number of hydrogen-bond donors (Lipinski definition) is 2. The van der Waals surface area contributed by atoms with Gasteiger partial charge in [0.15, 0.2) is 0 Å². The molecule has 18 heavy (non-hydrogen) atoms. The van der Waals surface area contributed by atoms with E-state index in [4.69, 9.17) is 5.11 Å². The summed E-state index contributed by atoms with van der Waals surface area (Å²) in [5.41, 5.74) is 1.59. The fourth-order valence-corrected chi connectivity index (χ4v) is 2.29. The molecule has 1 unspecified atom stereocenters. The molecular weight excluding hydrogens is 230 g/mol. The summed E-state index contributed by atoms with van der Waals surface area (Å²) in [4.78, 5) is 10.9. The van der Waals surface area contributed by atoms with Crippen LogP contribution in [0.1, 0.15) is 37.7 Å². The smallest absolute Gasteiger partial charge is 0.131 e. The average molecular weight is 251 g/mol. The third kappa shape index (κ3) is 2.62. The van der Waals surface area contributed by atoms with Crippen molar-refractivity contribution >= 4 is 5.69 Å². The van der Waals surface area contributed by atoms with Gasteiger partial charge in [-0.05, 0) is 6.42 Å². The van der Waals surface area contributed by atoms with Crippen molar-refractivity contribution in [2.24, 2.45) is 5.92 Å². The summed E-state index contributed by atoms with van der Waals surface area (Å²) in [6.45, 7) is 5.92. The molecule has 100 valence electrons. The highest BCUT2D eigenvalue weighted by Gasteiger charge is 2.24. The number of aliphatic hydroxyl groups is 2. The molecule has 0 aliphatic carbocycles. The van der Waals surface area contributed by atoms with Gasteiger partial charge in [-0.25, -0.2) is 9.97 Å². The Labute approximate surface area is 107 Å². The minimum Gasteiger partial charge on any atom is -0.396 e. The molecule has 0 bridgehead atoms. The van der Waals surface area contributed by atoms with Gasteiger partial charge in [0.25, 0.3) is 0 Å². The van der Waals surface area contributed by atoms with E-state index in [1.807, 2.05) is 13.8 Å². The zero-order valence-electron chi connectivity index (χ0n) is 11.0. The first-order valence-electron chi connectivity index (χ1n) is 6.48. The summed E-state index contributed by atoms with van der Waals surface area (Å²) < 4.78 is 0. The Hall–Kier alpha value is -1.20. The molecule has 5 nitrogen and oxygen atoms in total. The van der Waals surface area contributed by atoms with Gasteiger partial charge in [-0.2, -0.15) is 0 Å². The molecule has 0 radical (unpaired) electrons. The van der Waals surface area contributed by atoms with Crippen molar-refractivity contribution in [3.63, 3.8) is 0 Å². The Balaban J connectivity index is 2.23. The van der Waals surface area contributed by atoms with Crippen molar-refractivity contribution in [2.45, 2.75) is 32.8 Å². The van der Waals surface area contributed by atoms with Crippen LogP contribution in [0.25, 0.3) is 0 Å². The van der Waals surface area contributed by atoms with Gasteiger partial charge in [0.1, 0.15) is 5.82 Å². The molecule has 1 aliphatic rings. The van der Waals surface area contributed by atoms with Gasteiger partial charge >= 0.3 is 0 Å². The monoisotopic (exact) mass is 251 g/mol. The van der Waals surface area contributed by atoms with Crippen molar-refractivity contribution in [3.05, 3.63) is 17.7 Å². The molecular formula is C13H21N3O2. The number of aliphatic hydroxyl groups excluding tert-OH is 2. The topological polar surface area (TPSA) is 69.5 Å². The lowest BCUT2D eigenvalue weighted by molar-refractivity contribution is 0.238. The largest absolute Gasteiger partial charge is 0.396 e. The number of aromatic nitrogens is 2. The molecule has 1 aliphatic heterocycles. The summed E-state index contributed by atoms with van der Waals surface area (Å²) in [6, 6.07) is 0. The minimum atomic E-state index is -0.0716. The molecule has 1 atom stereocenters. The third-order valence-electron chi connectivity index (χ3n) is 3.42. The molecule has 1 aromatic rings. The molecule has 1 fully saturated rings. The van der Waals surface area contributed by atoms with Crippen LogP contribution >= 0.6 is 0 Å². The predicted molar refractivity (Wildman–Crippen MR) is 69.4 cm³/mol. The van der Waals surface area contributed by atoms with Crippen molar-refractivity contribution in [3.8, 4) is 0 Å². The minimum absolute atomic E-state index is 0.0716. The fourth-order valence-electron chi connectivity index (χ4n) is 2.29. The Kier molecular flexibility index (Phi) is 4.14. The zero-order valence-corrected chi connectivity index (χ0v) is 11.0. The summed E-state index contributed by atoms with van der Waals surface area (Å²) in [7, 11) is 0. The van der Waals surface area contributed by atoms with Crippen LogP contribution < -0.4 is 4.90 Å². The van der Waals surface area contributed by atoms with Gasteiger partial charge in [-0.15, -0.1) is 0 Å². The van der Waals surface area contributed by atoms with Crippen LogP contribution in [0.3, 0.4) is 0 Å². The Morgan fingerprint density at radius 1 is 1.44 bits per heavy atom. The van der Waals surface area contributed by atoms with E-state index in [-0.39, 0.29) is 19.1 Å². The van der Waals surface area contributed by atoms with E-state index >= 15 is 0 Å². The first-order valence-corrected chi connectivity index (χ1v) is 6.48. The SMILES string of the molecule is CC(C)c1ncc(N2CCC(CO)C2)c(CO)n1. The fraction of sp³-hybridized carbons (Fsp3) is 0.692. The standard InChI is InChI=1S/C13H21N3O2/c1-9(2)13-14-5-12(11(8-18)15-13)16-4-3-10(6-16)7-17/h5,9-10,17-18H,3-4,6-8H2,1-2H3. The number of hydrogen-bond acceptors (Lipinski definition) is 5. The predicted octanol–water partition coefficient (Wildman–Crippen LogP) is 0.911. The second-order valence-corrected chi connectivity index (χ2v) is 5.16. The summed E-state index contributed by atoms with van der Waals surface area (Å²) >= 11 is 0. The molecule has 5 heteroatoms. The maximum atomic E-state index is 9.44. The zero-order chi connectivity index (χ0) is 13.1. The van der Waals surface area contributed by atoms with Crippen molar-refractivity contribution in [1.29, 1.82) is 0 Å². The first-order chi connectivity index (χ1) is 8.65. The Bertz CT molecular complexity index is 409. The molecule has 0 aromatic carbocycles. The molecule has 1 aromatic heterocycles. The molecule has 2 rings (SSSR count). The maximum absolute atomic E-state index is 9.44. The maximum Gasteiger partial charge on any atom is 0.131 e. The first kappa shape index (κ1) is 13.2. The van der Waals surface area contributed by atoms with Crippen LogP contribution in [0.15, 0.2) is 6.20 Å². The molecule has 0 amide bonds. The highest BCUT2D eigenvalue weighted by molar-refractivity contribution is 5.49. The van der Waals surface area contributed by atoms with Gasteiger partial charge in [-0.3, -0.25) is 0 Å². The average Bonchev–Trinajstić information content (AvgIpc) is 2.86. The van der Waals surface area contributed by atoms with Crippen molar-refractivity contribution in [2.75, 3.05) is 24.6 Å². The molecule has 0 saturated carbocycles. The third-order valence-corrected chi connectivity index (χ3v) is 3.42. The van der Waals surface area contributed by atoms with Gasteiger partial charge in [0.05, 0.1) is 24.2 Å². The summed E-state index contributed by atoms with van der Waals surface area (Å²) in [6.07, 6.45) is 2.78. The van der Waals surface area contributed by atoms with E-state index in [1.54, 1.807) is 6.20 Å². The lowest BCUT2D eigenvalue weighted by Crippen LogP contribution is -2.23. The van der Waals surface area contributed by atoms with Gasteiger partial charge in [0, 0.05) is 31.5 Å². The van der Waals surface area contributed by atoms with E-state index in [1.165, 1.54) is 0 Å². The number of anilines is 1. The van der Waals surface area contributed by atoms with Crippen LogP contribution in [0.4, 0.5) is 5.69 Å². The highest BCUT2D eigenvalue weighted by Crippen LogP contribution is 2.26. The van der Waals surface area contributed by atoms with Crippen LogP contribution in [0.2, 0.25) is 0 Å².